The van der Waals surface area contributed by atoms with Crippen LogP contribution in [0.4, 0.5) is 0 Å². The Kier molecular flexibility index (Phi) is 42.8. The first kappa shape index (κ1) is 57.0. The van der Waals surface area contributed by atoms with Crippen LogP contribution in [0.5, 0.6) is 0 Å². The SMILES string of the molecule is CCCCCCCC/C=C\CCCCCCCC(=O)N(C(=O)CCCCCCC/C=C\CCCCCCCC)[C@@H](CCCCN)C(=O)O.N[C@@H](CCC(=O)O)C(=O)O. The predicted octanol–water partition coefficient (Wildman–Crippen LogP) is 11.3. The zero-order chi connectivity index (χ0) is 43.5. The number of carboxylic acid groups (broad SMARTS) is 3. The van der Waals surface area contributed by atoms with Gasteiger partial charge in [-0.3, -0.25) is 24.1 Å². The molecule has 0 aromatic heterocycles. The number of nitrogens with zero attached hydrogens (tertiary/aromatic N) is 1. The summed E-state index contributed by atoms with van der Waals surface area (Å²) in [6.07, 6.45) is 41.6. The van der Waals surface area contributed by atoms with E-state index in [1.54, 1.807) is 0 Å². The second-order valence-electron chi connectivity index (χ2n) is 15.8. The van der Waals surface area contributed by atoms with Crippen LogP contribution in [0.2, 0.25) is 0 Å². The molecule has 0 aliphatic carbocycles. The second-order valence-corrected chi connectivity index (χ2v) is 15.8. The zero-order valence-electron chi connectivity index (χ0n) is 37.0. The highest BCUT2D eigenvalue weighted by Crippen LogP contribution is 2.18. The molecule has 0 fully saturated rings. The smallest absolute Gasteiger partial charge is 0.326 e. The van der Waals surface area contributed by atoms with E-state index in [4.69, 9.17) is 21.7 Å². The zero-order valence-corrected chi connectivity index (χ0v) is 37.0. The molecule has 0 unspecified atom stereocenters. The van der Waals surface area contributed by atoms with Crippen molar-refractivity contribution in [3.05, 3.63) is 24.3 Å². The maximum atomic E-state index is 13.3. The maximum Gasteiger partial charge on any atom is 0.326 e. The van der Waals surface area contributed by atoms with E-state index in [0.29, 0.717) is 32.2 Å². The number of amides is 2. The van der Waals surface area contributed by atoms with E-state index in [1.807, 2.05) is 0 Å². The third-order valence-electron chi connectivity index (χ3n) is 10.4. The van der Waals surface area contributed by atoms with E-state index in [1.165, 1.54) is 89.9 Å². The average molecular weight is 822 g/mol. The summed E-state index contributed by atoms with van der Waals surface area (Å²) < 4.78 is 0. The molecular weight excluding hydrogens is 735 g/mol. The van der Waals surface area contributed by atoms with Gasteiger partial charge in [0.25, 0.3) is 0 Å². The van der Waals surface area contributed by atoms with Gasteiger partial charge in [-0.2, -0.15) is 0 Å². The largest absolute Gasteiger partial charge is 0.481 e. The van der Waals surface area contributed by atoms with Gasteiger partial charge in [-0.05, 0) is 96.4 Å². The normalized spacial score (nSPS) is 12.3. The first-order valence-electron chi connectivity index (χ1n) is 23.3. The quantitative estimate of drug-likeness (QED) is 0.0292. The molecule has 338 valence electrons. The van der Waals surface area contributed by atoms with Crippen molar-refractivity contribution in [3.63, 3.8) is 0 Å². The fourth-order valence-electron chi connectivity index (χ4n) is 6.67. The van der Waals surface area contributed by atoms with Crippen LogP contribution in [-0.4, -0.2) is 68.6 Å². The Labute approximate surface area is 353 Å². The van der Waals surface area contributed by atoms with Crippen molar-refractivity contribution < 1.29 is 39.3 Å². The van der Waals surface area contributed by atoms with Gasteiger partial charge in [-0.25, -0.2) is 4.79 Å². The lowest BCUT2D eigenvalue weighted by Gasteiger charge is -2.27. The fraction of sp³-hybridized carbons (Fsp3) is 0.809. The van der Waals surface area contributed by atoms with Crippen LogP contribution in [0.25, 0.3) is 0 Å². The molecule has 0 saturated carbocycles. The highest BCUT2D eigenvalue weighted by Gasteiger charge is 2.33. The van der Waals surface area contributed by atoms with E-state index >= 15 is 0 Å². The lowest BCUT2D eigenvalue weighted by Crippen LogP contribution is -2.48. The summed E-state index contributed by atoms with van der Waals surface area (Å²) in [4.78, 5) is 59.7. The van der Waals surface area contributed by atoms with Gasteiger partial charge in [0.15, 0.2) is 0 Å². The minimum Gasteiger partial charge on any atom is -0.481 e. The van der Waals surface area contributed by atoms with Crippen LogP contribution < -0.4 is 11.5 Å². The van der Waals surface area contributed by atoms with Crippen LogP contribution in [0.1, 0.15) is 226 Å². The number of imide groups is 1. The number of hydrogen-bond acceptors (Lipinski definition) is 7. The van der Waals surface area contributed by atoms with Crippen LogP contribution in [0.15, 0.2) is 24.3 Å². The Bertz CT molecular complexity index is 1030. The Balaban J connectivity index is 0. The van der Waals surface area contributed by atoms with Crippen LogP contribution >= 0.6 is 0 Å². The van der Waals surface area contributed by atoms with Crippen molar-refractivity contribution in [3.8, 4) is 0 Å². The van der Waals surface area contributed by atoms with Gasteiger partial charge in [-0.1, -0.05) is 141 Å². The molecule has 0 aromatic rings. The summed E-state index contributed by atoms with van der Waals surface area (Å²) in [6, 6.07) is -2.15. The minimum atomic E-state index is -1.17. The molecule has 0 bridgehead atoms. The lowest BCUT2D eigenvalue weighted by molar-refractivity contribution is -0.158. The van der Waals surface area contributed by atoms with E-state index in [9.17, 15) is 29.1 Å². The van der Waals surface area contributed by atoms with Crippen LogP contribution in [0, 0.1) is 0 Å². The van der Waals surface area contributed by atoms with Gasteiger partial charge in [0.05, 0.1) is 0 Å². The Morgan fingerprint density at radius 3 is 1.16 bits per heavy atom. The van der Waals surface area contributed by atoms with Gasteiger partial charge in [0, 0.05) is 19.3 Å². The number of carboxylic acids is 3. The van der Waals surface area contributed by atoms with Crippen LogP contribution in [0.3, 0.4) is 0 Å². The summed E-state index contributed by atoms with van der Waals surface area (Å²) in [5, 5.41) is 26.2. The highest BCUT2D eigenvalue weighted by atomic mass is 16.4. The summed E-state index contributed by atoms with van der Waals surface area (Å²) in [7, 11) is 0. The maximum absolute atomic E-state index is 13.3. The van der Waals surface area contributed by atoms with Gasteiger partial charge in [0.1, 0.15) is 12.1 Å². The first-order chi connectivity index (χ1) is 28.0. The minimum absolute atomic E-state index is 0.0231. The van der Waals surface area contributed by atoms with Gasteiger partial charge >= 0.3 is 17.9 Å². The molecule has 11 heteroatoms. The van der Waals surface area contributed by atoms with Crippen molar-refractivity contribution in [1.82, 2.24) is 4.90 Å². The molecule has 0 rings (SSSR count). The van der Waals surface area contributed by atoms with Crippen molar-refractivity contribution in [2.75, 3.05) is 6.54 Å². The predicted molar refractivity (Wildman–Crippen MR) is 238 cm³/mol. The lowest BCUT2D eigenvalue weighted by atomic mass is 10.0. The fourth-order valence-corrected chi connectivity index (χ4v) is 6.67. The van der Waals surface area contributed by atoms with Gasteiger partial charge < -0.3 is 26.8 Å². The summed E-state index contributed by atoms with van der Waals surface area (Å²) in [5.41, 5.74) is 10.6. The molecule has 58 heavy (non-hydrogen) atoms. The third-order valence-corrected chi connectivity index (χ3v) is 10.4. The molecule has 0 saturated heterocycles. The van der Waals surface area contributed by atoms with E-state index in [0.717, 1.165) is 69.1 Å². The number of rotatable bonds is 40. The first-order valence-corrected chi connectivity index (χ1v) is 23.3. The molecule has 0 heterocycles. The molecule has 0 aliphatic rings. The average Bonchev–Trinajstić information content (AvgIpc) is 3.19. The highest BCUT2D eigenvalue weighted by molar-refractivity contribution is 5.99. The second kappa shape index (κ2) is 43.5. The number of unbranched alkanes of at least 4 members (excludes halogenated alkanes) is 23. The van der Waals surface area contributed by atoms with E-state index < -0.39 is 30.0 Å². The van der Waals surface area contributed by atoms with Crippen LogP contribution in [-0.2, 0) is 24.0 Å². The number of carbonyl (C=O) groups excluding carboxylic acids is 2. The van der Waals surface area contributed by atoms with E-state index in [2.05, 4.69) is 38.2 Å². The monoisotopic (exact) mass is 822 g/mol. The van der Waals surface area contributed by atoms with Gasteiger partial charge in [-0.15, -0.1) is 0 Å². The topological polar surface area (TPSA) is 201 Å². The molecule has 2 amide bonds. The number of allylic oxidation sites excluding steroid dienone is 4. The summed E-state index contributed by atoms with van der Waals surface area (Å²) in [6.45, 7) is 4.98. The summed E-state index contributed by atoms with van der Waals surface area (Å²) >= 11 is 0. The summed E-state index contributed by atoms with van der Waals surface area (Å²) in [5.74, 6) is -3.95. The molecule has 0 aromatic carbocycles. The number of nitrogens with two attached hydrogens (primary N) is 2. The molecule has 0 radical (unpaired) electrons. The standard InChI is InChI=1S/C42H78N2O4.C5H9NO4/c1-3-5-7-9-11-13-15-17-19-21-23-25-27-29-31-36-40(45)44(39(42(47)48)35-33-34-38-43)41(46)37-32-30-28-26-24-22-20-18-16-14-12-10-8-6-4-2;6-3(5(9)10)1-2-4(7)8/h17-20,39H,3-16,21-38,43H2,1-2H3,(H,47,48);3H,1-2,6H2,(H,7,8)(H,9,10)/b19-17-,20-18-;/t39-;3-/m00/s1. The van der Waals surface area contributed by atoms with Crippen molar-refractivity contribution >= 4 is 29.7 Å². The number of aliphatic carboxylic acids is 3. The molecule has 0 aliphatic heterocycles. The number of carbonyl (C=O) groups is 5. The molecule has 0 spiro atoms. The number of hydrogen-bond donors (Lipinski definition) is 5. The Morgan fingerprint density at radius 2 is 0.828 bits per heavy atom. The van der Waals surface area contributed by atoms with Crippen molar-refractivity contribution in [2.45, 2.75) is 238 Å². The van der Waals surface area contributed by atoms with Gasteiger partial charge in [0.2, 0.25) is 11.8 Å². The van der Waals surface area contributed by atoms with E-state index in [-0.39, 0.29) is 43.9 Å². The molecule has 7 N–H and O–H groups in total. The molecule has 2 atom stereocenters. The Morgan fingerprint density at radius 1 is 0.466 bits per heavy atom. The molecular formula is C47H87N3O8. The van der Waals surface area contributed by atoms with Crippen molar-refractivity contribution in [1.29, 1.82) is 0 Å². The third kappa shape index (κ3) is 38.5. The molecule has 11 nitrogen and oxygen atoms in total. The Hall–Kier alpha value is -3.05. The van der Waals surface area contributed by atoms with Crippen molar-refractivity contribution in [2.24, 2.45) is 11.5 Å².